The quantitative estimate of drug-likeness (QED) is 0.311. The molecule has 0 spiro atoms. The first kappa shape index (κ1) is 26.0. The lowest BCUT2D eigenvalue weighted by atomic mass is 10.0. The Morgan fingerprint density at radius 1 is 0.795 bits per heavy atom. The molecule has 1 saturated heterocycles. The van der Waals surface area contributed by atoms with Gasteiger partial charge < -0.3 is 10.2 Å². The standard InChI is InChI=1S/C32H29FN4O2/c1-23(37-19-17-36(18-20-37)22-24-7-12-28(33)13-8-24)27-11-16-30(34-21-27)32(39)35-29-14-9-26(10-15-29)31(38)25-5-3-2-4-6-25/h2-16,21H,1,17-20,22H2,(H,35,39). The fraction of sp³-hybridized carbons (Fsp3) is 0.156. The van der Waals surface area contributed by atoms with Crippen LogP contribution in [0.4, 0.5) is 10.1 Å². The van der Waals surface area contributed by atoms with Gasteiger partial charge in [-0.15, -0.1) is 0 Å². The predicted molar refractivity (Wildman–Crippen MR) is 151 cm³/mol. The first-order valence-electron chi connectivity index (χ1n) is 12.8. The molecule has 1 aliphatic rings. The van der Waals surface area contributed by atoms with Gasteiger partial charge in [0.15, 0.2) is 5.78 Å². The van der Waals surface area contributed by atoms with Crippen molar-refractivity contribution in [3.63, 3.8) is 0 Å². The van der Waals surface area contributed by atoms with Gasteiger partial charge in [0.25, 0.3) is 5.91 Å². The highest BCUT2D eigenvalue weighted by Gasteiger charge is 2.19. The van der Waals surface area contributed by atoms with Crippen molar-refractivity contribution in [3.05, 3.63) is 138 Å². The molecule has 0 atom stereocenters. The van der Waals surface area contributed by atoms with E-state index >= 15 is 0 Å². The summed E-state index contributed by atoms with van der Waals surface area (Å²) in [5.41, 5.74) is 4.87. The molecule has 7 heteroatoms. The number of benzene rings is 3. The third-order valence-corrected chi connectivity index (χ3v) is 6.84. The van der Waals surface area contributed by atoms with Crippen LogP contribution in [0.1, 0.15) is 37.5 Å². The van der Waals surface area contributed by atoms with Crippen LogP contribution in [0.5, 0.6) is 0 Å². The molecule has 6 nitrogen and oxygen atoms in total. The van der Waals surface area contributed by atoms with Crippen LogP contribution in [-0.2, 0) is 6.54 Å². The molecule has 4 aromatic rings. The van der Waals surface area contributed by atoms with Gasteiger partial charge in [0.05, 0.1) is 0 Å². The summed E-state index contributed by atoms with van der Waals surface area (Å²) < 4.78 is 13.2. The highest BCUT2D eigenvalue weighted by molar-refractivity contribution is 6.09. The van der Waals surface area contributed by atoms with Crippen molar-refractivity contribution >= 4 is 23.1 Å². The van der Waals surface area contributed by atoms with Crippen LogP contribution in [0.2, 0.25) is 0 Å². The van der Waals surface area contributed by atoms with Gasteiger partial charge in [-0.2, -0.15) is 0 Å². The van der Waals surface area contributed by atoms with E-state index in [0.29, 0.717) is 22.5 Å². The summed E-state index contributed by atoms with van der Waals surface area (Å²) in [6.45, 7) is 8.44. The highest BCUT2D eigenvalue weighted by atomic mass is 19.1. The first-order valence-corrected chi connectivity index (χ1v) is 12.8. The fourth-order valence-electron chi connectivity index (χ4n) is 4.56. The smallest absolute Gasteiger partial charge is 0.274 e. The van der Waals surface area contributed by atoms with Gasteiger partial charge >= 0.3 is 0 Å². The van der Waals surface area contributed by atoms with E-state index in [4.69, 9.17) is 0 Å². The lowest BCUT2D eigenvalue weighted by Crippen LogP contribution is -2.44. The zero-order chi connectivity index (χ0) is 27.2. The Bertz CT molecular complexity index is 1450. The third kappa shape index (κ3) is 6.45. The van der Waals surface area contributed by atoms with Gasteiger partial charge in [-0.3, -0.25) is 19.5 Å². The van der Waals surface area contributed by atoms with Crippen LogP contribution in [0.15, 0.2) is 104 Å². The van der Waals surface area contributed by atoms with Gasteiger partial charge in [0.2, 0.25) is 0 Å². The molecule has 1 N–H and O–H groups in total. The van der Waals surface area contributed by atoms with E-state index in [0.717, 1.165) is 49.5 Å². The van der Waals surface area contributed by atoms with Crippen LogP contribution in [0, 0.1) is 5.82 Å². The molecule has 1 aromatic heterocycles. The molecule has 5 rings (SSSR count). The van der Waals surface area contributed by atoms with Crippen LogP contribution in [-0.4, -0.2) is 52.7 Å². The van der Waals surface area contributed by atoms with Gasteiger partial charge in [0.1, 0.15) is 11.5 Å². The van der Waals surface area contributed by atoms with Crippen molar-refractivity contribution in [2.24, 2.45) is 0 Å². The number of amides is 1. The Balaban J connectivity index is 1.13. The zero-order valence-electron chi connectivity index (χ0n) is 21.5. The number of hydrogen-bond donors (Lipinski definition) is 1. The minimum Gasteiger partial charge on any atom is -0.369 e. The molecule has 1 aliphatic heterocycles. The van der Waals surface area contributed by atoms with Crippen molar-refractivity contribution in [1.29, 1.82) is 0 Å². The first-order chi connectivity index (χ1) is 19.0. The van der Waals surface area contributed by atoms with E-state index in [1.165, 1.54) is 12.1 Å². The highest BCUT2D eigenvalue weighted by Crippen LogP contribution is 2.20. The molecule has 3 aromatic carbocycles. The van der Waals surface area contributed by atoms with E-state index < -0.39 is 0 Å². The Hall–Kier alpha value is -4.62. The second-order valence-electron chi connectivity index (χ2n) is 9.50. The monoisotopic (exact) mass is 520 g/mol. The number of piperazine rings is 1. The van der Waals surface area contributed by atoms with E-state index in [1.54, 1.807) is 48.7 Å². The molecule has 0 bridgehead atoms. The number of carbonyl (C=O) groups is 2. The Kier molecular flexibility index (Phi) is 7.89. The number of rotatable bonds is 8. The zero-order valence-corrected chi connectivity index (χ0v) is 21.5. The number of hydrogen-bond acceptors (Lipinski definition) is 5. The Labute approximate surface area is 227 Å². The summed E-state index contributed by atoms with van der Waals surface area (Å²) >= 11 is 0. The van der Waals surface area contributed by atoms with Crippen LogP contribution < -0.4 is 5.32 Å². The van der Waals surface area contributed by atoms with Gasteiger partial charge in [-0.05, 0) is 54.1 Å². The number of anilines is 1. The van der Waals surface area contributed by atoms with Crippen molar-refractivity contribution in [1.82, 2.24) is 14.8 Å². The summed E-state index contributed by atoms with van der Waals surface area (Å²) in [7, 11) is 0. The number of nitrogens with zero attached hydrogens (tertiary/aromatic N) is 3. The van der Waals surface area contributed by atoms with Gasteiger partial charge in [0, 0.05) is 67.0 Å². The van der Waals surface area contributed by atoms with Gasteiger partial charge in [-0.25, -0.2) is 4.39 Å². The largest absolute Gasteiger partial charge is 0.369 e. The minimum absolute atomic E-state index is 0.0692. The number of ketones is 1. The molecule has 0 aliphatic carbocycles. The number of pyridine rings is 1. The molecule has 0 radical (unpaired) electrons. The normalized spacial score (nSPS) is 13.6. The number of aromatic nitrogens is 1. The third-order valence-electron chi connectivity index (χ3n) is 6.84. The van der Waals surface area contributed by atoms with Crippen LogP contribution >= 0.6 is 0 Å². The molecule has 2 heterocycles. The molecule has 39 heavy (non-hydrogen) atoms. The summed E-state index contributed by atoms with van der Waals surface area (Å²) in [5, 5.41) is 2.83. The second kappa shape index (κ2) is 11.8. The van der Waals surface area contributed by atoms with E-state index in [2.05, 4.69) is 26.7 Å². The lowest BCUT2D eigenvalue weighted by molar-refractivity contribution is 0.102. The van der Waals surface area contributed by atoms with E-state index in [-0.39, 0.29) is 17.5 Å². The molecular formula is C32H29FN4O2. The molecular weight excluding hydrogens is 491 g/mol. The second-order valence-corrected chi connectivity index (χ2v) is 9.50. The Morgan fingerprint density at radius 3 is 2.08 bits per heavy atom. The summed E-state index contributed by atoms with van der Waals surface area (Å²) in [6.07, 6.45) is 1.67. The maximum Gasteiger partial charge on any atom is 0.274 e. The SMILES string of the molecule is C=C(c1ccc(C(=O)Nc2ccc(C(=O)c3ccccc3)cc2)nc1)N1CCN(Cc2ccc(F)cc2)CC1. The maximum atomic E-state index is 13.2. The molecule has 1 fully saturated rings. The number of halogens is 1. The molecule has 1 amide bonds. The fourth-order valence-corrected chi connectivity index (χ4v) is 4.56. The van der Waals surface area contributed by atoms with Gasteiger partial charge in [-0.1, -0.05) is 49.0 Å². The van der Waals surface area contributed by atoms with Crippen LogP contribution in [0.3, 0.4) is 0 Å². The van der Waals surface area contributed by atoms with Crippen molar-refractivity contribution in [2.45, 2.75) is 6.54 Å². The van der Waals surface area contributed by atoms with Crippen LogP contribution in [0.25, 0.3) is 5.70 Å². The number of nitrogens with one attached hydrogen (secondary N) is 1. The lowest BCUT2D eigenvalue weighted by Gasteiger charge is -2.37. The average molecular weight is 521 g/mol. The average Bonchev–Trinajstić information content (AvgIpc) is 2.99. The summed E-state index contributed by atoms with van der Waals surface area (Å²) in [5.74, 6) is -0.619. The molecule has 196 valence electrons. The predicted octanol–water partition coefficient (Wildman–Crippen LogP) is 5.49. The Morgan fingerprint density at radius 2 is 1.44 bits per heavy atom. The maximum absolute atomic E-state index is 13.2. The van der Waals surface area contributed by atoms with Crippen molar-refractivity contribution in [2.75, 3.05) is 31.5 Å². The molecule has 0 unspecified atom stereocenters. The molecule has 0 saturated carbocycles. The van der Waals surface area contributed by atoms with Crippen molar-refractivity contribution < 1.29 is 14.0 Å². The van der Waals surface area contributed by atoms with E-state index in [9.17, 15) is 14.0 Å². The van der Waals surface area contributed by atoms with E-state index in [1.807, 2.05) is 36.4 Å². The van der Waals surface area contributed by atoms with Crippen molar-refractivity contribution in [3.8, 4) is 0 Å². The topological polar surface area (TPSA) is 65.5 Å². The minimum atomic E-state index is -0.330. The summed E-state index contributed by atoms with van der Waals surface area (Å²) in [4.78, 5) is 34.2. The summed E-state index contributed by atoms with van der Waals surface area (Å²) in [6, 6.07) is 26.1. The number of carbonyl (C=O) groups excluding carboxylic acids is 2.